The van der Waals surface area contributed by atoms with Gasteiger partial charge in [-0.05, 0) is 75.2 Å². The van der Waals surface area contributed by atoms with Crippen LogP contribution in [0, 0.1) is 0 Å². The summed E-state index contributed by atoms with van der Waals surface area (Å²) in [4.78, 5) is 27.1. The van der Waals surface area contributed by atoms with Crippen LogP contribution in [0.5, 0.6) is 0 Å². The van der Waals surface area contributed by atoms with Gasteiger partial charge in [0.2, 0.25) is 11.9 Å². The van der Waals surface area contributed by atoms with E-state index in [1.165, 1.54) is 12.8 Å². The van der Waals surface area contributed by atoms with E-state index in [0.29, 0.717) is 40.8 Å². The highest BCUT2D eigenvalue weighted by molar-refractivity contribution is 5.89. The summed E-state index contributed by atoms with van der Waals surface area (Å²) in [5.74, 6) is 2.60. The molecule has 1 fully saturated rings. The zero-order chi connectivity index (χ0) is 32.5. The second kappa shape index (κ2) is 12.4. The summed E-state index contributed by atoms with van der Waals surface area (Å²) in [6.07, 6.45) is 12.6. The molecule has 1 aliphatic rings. The molecule has 9 rings (SSSR count). The Morgan fingerprint density at radius 2 is 1.25 bits per heavy atom. The maximum Gasteiger partial charge on any atom is 0.223 e. The molecular formula is C34H30N12O2. The fraction of sp³-hybridized carbons (Fsp3) is 0.176. The van der Waals surface area contributed by atoms with Crippen LogP contribution in [0.3, 0.4) is 0 Å². The van der Waals surface area contributed by atoms with Crippen LogP contribution in [-0.2, 0) is 0 Å². The van der Waals surface area contributed by atoms with Crippen LogP contribution in [0.2, 0.25) is 0 Å². The second-order valence-electron chi connectivity index (χ2n) is 11.6. The van der Waals surface area contributed by atoms with Gasteiger partial charge in [-0.2, -0.15) is 10.2 Å². The minimum absolute atomic E-state index is 0.249. The summed E-state index contributed by atoms with van der Waals surface area (Å²) in [6, 6.07) is 16.0. The molecule has 0 unspecified atom stereocenters. The number of aromatic nitrogens is 10. The molecule has 0 spiro atoms. The Morgan fingerprint density at radius 1 is 0.708 bits per heavy atom. The Balaban J connectivity index is 0.000000140. The number of nitrogens with zero attached hydrogens (tertiary/aromatic N) is 8. The van der Waals surface area contributed by atoms with Crippen molar-refractivity contribution in [2.24, 2.45) is 0 Å². The molecule has 238 valence electrons. The highest BCUT2D eigenvalue weighted by Gasteiger charge is 2.23. The van der Waals surface area contributed by atoms with E-state index in [9.17, 15) is 0 Å². The van der Waals surface area contributed by atoms with Gasteiger partial charge >= 0.3 is 0 Å². The lowest BCUT2D eigenvalue weighted by atomic mass is 10.1. The van der Waals surface area contributed by atoms with Crippen LogP contribution < -0.4 is 10.6 Å². The van der Waals surface area contributed by atoms with E-state index in [4.69, 9.17) is 8.83 Å². The van der Waals surface area contributed by atoms with Crippen LogP contribution >= 0.6 is 0 Å². The Hall–Kier alpha value is -6.44. The monoisotopic (exact) mass is 638 g/mol. The molecule has 8 aromatic rings. The predicted molar refractivity (Wildman–Crippen MR) is 181 cm³/mol. The summed E-state index contributed by atoms with van der Waals surface area (Å²) in [5.41, 5.74) is 6.20. The predicted octanol–water partition coefficient (Wildman–Crippen LogP) is 6.74. The summed E-state index contributed by atoms with van der Waals surface area (Å²) < 4.78 is 11.1. The number of rotatable bonds is 8. The number of pyridine rings is 2. The van der Waals surface area contributed by atoms with Gasteiger partial charge in [-0.1, -0.05) is 0 Å². The molecule has 0 aliphatic heterocycles. The summed E-state index contributed by atoms with van der Waals surface area (Å²) in [7, 11) is 0. The van der Waals surface area contributed by atoms with Crippen molar-refractivity contribution in [1.29, 1.82) is 0 Å². The largest absolute Gasteiger partial charge is 0.463 e. The van der Waals surface area contributed by atoms with Crippen LogP contribution in [0.4, 0.5) is 11.9 Å². The third-order valence-corrected chi connectivity index (χ3v) is 7.55. The van der Waals surface area contributed by atoms with Crippen molar-refractivity contribution in [1.82, 2.24) is 50.3 Å². The van der Waals surface area contributed by atoms with Crippen LogP contribution in [-0.4, -0.2) is 62.4 Å². The molecule has 0 saturated heterocycles. The van der Waals surface area contributed by atoms with Gasteiger partial charge < -0.3 is 19.5 Å². The number of nitrogens with one attached hydrogen (secondary N) is 4. The molecule has 1 saturated carbocycles. The topological polar surface area (TPSA) is 185 Å². The van der Waals surface area contributed by atoms with Gasteiger partial charge in [0.25, 0.3) is 0 Å². The van der Waals surface area contributed by atoms with E-state index in [0.717, 1.165) is 44.6 Å². The van der Waals surface area contributed by atoms with E-state index < -0.39 is 0 Å². The molecular weight excluding hydrogens is 608 g/mol. The highest BCUT2D eigenvalue weighted by atomic mass is 16.3. The van der Waals surface area contributed by atoms with Crippen molar-refractivity contribution >= 4 is 34.0 Å². The molecule has 14 heteroatoms. The Kier molecular flexibility index (Phi) is 7.49. The maximum absolute atomic E-state index is 5.56. The molecule has 0 amide bonds. The Bertz CT molecular complexity index is 2150. The number of fused-ring (bicyclic) bond motifs is 2. The second-order valence-corrected chi connectivity index (χ2v) is 11.6. The summed E-state index contributed by atoms with van der Waals surface area (Å²) in [5, 5.41) is 22.3. The average Bonchev–Trinajstić information content (AvgIpc) is 3.65. The third-order valence-electron chi connectivity index (χ3n) is 7.55. The van der Waals surface area contributed by atoms with Crippen molar-refractivity contribution < 1.29 is 8.83 Å². The van der Waals surface area contributed by atoms with E-state index in [1.807, 2.05) is 62.4 Å². The van der Waals surface area contributed by atoms with Crippen LogP contribution in [0.1, 0.15) is 26.7 Å². The average molecular weight is 639 g/mol. The fourth-order valence-electron chi connectivity index (χ4n) is 5.18. The van der Waals surface area contributed by atoms with E-state index in [-0.39, 0.29) is 6.04 Å². The normalized spacial score (nSPS) is 12.7. The molecule has 8 aromatic heterocycles. The lowest BCUT2D eigenvalue weighted by Gasteiger charge is -2.10. The molecule has 48 heavy (non-hydrogen) atoms. The van der Waals surface area contributed by atoms with Gasteiger partial charge in [0, 0.05) is 46.4 Å². The maximum atomic E-state index is 5.56. The number of aromatic amines is 2. The van der Waals surface area contributed by atoms with Crippen LogP contribution in [0.25, 0.3) is 67.5 Å². The van der Waals surface area contributed by atoms with E-state index in [2.05, 4.69) is 60.9 Å². The SMILES string of the molecule is CC(C)Nc1nccc(-c2cc3cn[nH]c3nc2-c2ccco2)n1.c1coc(-c2nc3[nH]ncc3cc2-c2ccnc(NC3CC3)n2)c1. The van der Waals surface area contributed by atoms with Crippen molar-refractivity contribution in [2.75, 3.05) is 10.6 Å². The highest BCUT2D eigenvalue weighted by Crippen LogP contribution is 2.34. The van der Waals surface area contributed by atoms with Crippen molar-refractivity contribution in [3.8, 4) is 45.4 Å². The first-order chi connectivity index (χ1) is 23.6. The summed E-state index contributed by atoms with van der Waals surface area (Å²) in [6.45, 7) is 4.09. The Labute approximate surface area is 273 Å². The number of anilines is 2. The van der Waals surface area contributed by atoms with E-state index >= 15 is 0 Å². The standard InChI is InChI=1S/C17H14N6O.C17H16N6O/c1-2-14(24-7-1)15-12(8-10-9-19-23-16(10)22-15)13-5-6-18-17(21-13)20-11-3-4-11;1-10(2)20-17-18-6-5-13(21-17)12-8-11-9-19-23-16(11)22-15(12)14-4-3-7-24-14/h1-2,5-9,11H,3-4H2,(H,18,20,21)(H,19,22,23);3-10H,1-2H3,(H,18,20,21)(H,19,22,23). The number of hydrogen-bond acceptors (Lipinski definition) is 12. The third kappa shape index (κ3) is 6.06. The fourth-order valence-corrected chi connectivity index (χ4v) is 5.18. The van der Waals surface area contributed by atoms with Crippen LogP contribution in [0.15, 0.2) is 94.7 Å². The minimum atomic E-state index is 0.249. The molecule has 8 heterocycles. The smallest absolute Gasteiger partial charge is 0.223 e. The van der Waals surface area contributed by atoms with Gasteiger partial charge in [0.05, 0.1) is 36.3 Å². The van der Waals surface area contributed by atoms with E-state index in [1.54, 1.807) is 37.3 Å². The zero-order valence-corrected chi connectivity index (χ0v) is 26.0. The first-order valence-corrected chi connectivity index (χ1v) is 15.5. The zero-order valence-electron chi connectivity index (χ0n) is 26.0. The lowest BCUT2D eigenvalue weighted by Crippen LogP contribution is -2.12. The Morgan fingerprint density at radius 3 is 1.75 bits per heavy atom. The molecule has 1 aliphatic carbocycles. The summed E-state index contributed by atoms with van der Waals surface area (Å²) >= 11 is 0. The van der Waals surface area contributed by atoms with Gasteiger partial charge in [-0.15, -0.1) is 0 Å². The first kappa shape index (κ1) is 29.0. The number of hydrogen-bond donors (Lipinski definition) is 4. The van der Waals surface area contributed by atoms with Crippen molar-refractivity contribution in [3.05, 3.63) is 85.8 Å². The number of furan rings is 2. The minimum Gasteiger partial charge on any atom is -0.463 e. The van der Waals surface area contributed by atoms with Gasteiger partial charge in [0.15, 0.2) is 22.8 Å². The van der Waals surface area contributed by atoms with Crippen molar-refractivity contribution in [3.63, 3.8) is 0 Å². The quantitative estimate of drug-likeness (QED) is 0.137. The first-order valence-electron chi connectivity index (χ1n) is 15.5. The molecule has 4 N–H and O–H groups in total. The number of H-pyrrole nitrogens is 2. The molecule has 0 aromatic carbocycles. The molecule has 14 nitrogen and oxygen atoms in total. The molecule has 0 atom stereocenters. The van der Waals surface area contributed by atoms with Crippen molar-refractivity contribution in [2.45, 2.75) is 38.8 Å². The van der Waals surface area contributed by atoms with Gasteiger partial charge in [-0.3, -0.25) is 10.2 Å². The lowest BCUT2D eigenvalue weighted by molar-refractivity contribution is 0.580. The molecule has 0 radical (unpaired) electrons. The van der Waals surface area contributed by atoms with Gasteiger partial charge in [-0.25, -0.2) is 29.9 Å². The molecule has 0 bridgehead atoms. The van der Waals surface area contributed by atoms with Gasteiger partial charge in [0.1, 0.15) is 11.4 Å².